The van der Waals surface area contributed by atoms with Gasteiger partial charge >= 0.3 is 0 Å². The van der Waals surface area contributed by atoms with Gasteiger partial charge in [0.1, 0.15) is 12.4 Å². The molecule has 0 N–H and O–H groups in total. The number of benzene rings is 3. The van der Waals surface area contributed by atoms with Gasteiger partial charge in [0.15, 0.2) is 0 Å². The molecule has 0 aliphatic carbocycles. The maximum absolute atomic E-state index is 6.15. The predicted molar refractivity (Wildman–Crippen MR) is 103 cm³/mol. The number of nitrogens with zero attached hydrogens (tertiary/aromatic N) is 3. The molecule has 0 saturated heterocycles. The molecular weight excluding hydrogens is 322 g/mol. The summed E-state index contributed by atoms with van der Waals surface area (Å²) in [5, 5.41) is 8.92. The third-order valence-corrected chi connectivity index (χ3v) is 5.30. The van der Waals surface area contributed by atoms with Crippen molar-refractivity contribution in [2.45, 2.75) is 6.61 Å². The van der Waals surface area contributed by atoms with Crippen LogP contribution in [0.2, 0.25) is 0 Å². The lowest BCUT2D eigenvalue weighted by atomic mass is 9.96. The van der Waals surface area contributed by atoms with Crippen molar-refractivity contribution in [3.05, 3.63) is 66.4 Å². The first-order valence-corrected chi connectivity index (χ1v) is 8.69. The highest BCUT2D eigenvalue weighted by atomic mass is 16.5. The normalized spacial score (nSPS) is 13.0. The van der Waals surface area contributed by atoms with Crippen LogP contribution in [0.1, 0.15) is 5.56 Å². The summed E-state index contributed by atoms with van der Waals surface area (Å²) in [5.41, 5.74) is 5.29. The van der Waals surface area contributed by atoms with E-state index in [1.54, 1.807) is 0 Å². The molecule has 124 valence electrons. The minimum Gasteiger partial charge on any atom is -0.487 e. The van der Waals surface area contributed by atoms with Crippen molar-refractivity contribution in [1.82, 2.24) is 14.8 Å². The molecule has 1 aliphatic heterocycles. The lowest BCUT2D eigenvalue weighted by Gasteiger charge is -2.22. The molecule has 0 saturated carbocycles. The van der Waals surface area contributed by atoms with Crippen LogP contribution >= 0.6 is 0 Å². The summed E-state index contributed by atoms with van der Waals surface area (Å²) in [6.45, 7) is 0.546. The van der Waals surface area contributed by atoms with Gasteiger partial charge in [-0.15, -0.1) is 0 Å². The minimum absolute atomic E-state index is 0.546. The monoisotopic (exact) mass is 337 g/mol. The zero-order valence-corrected chi connectivity index (χ0v) is 14.2. The number of ether oxygens (including phenoxy) is 1. The van der Waals surface area contributed by atoms with Gasteiger partial charge in [0.2, 0.25) is 0 Å². The van der Waals surface area contributed by atoms with Crippen LogP contribution in [0.3, 0.4) is 0 Å². The summed E-state index contributed by atoms with van der Waals surface area (Å²) in [5.74, 6) is 0.931. The fourth-order valence-electron chi connectivity index (χ4n) is 3.99. The predicted octanol–water partition coefficient (Wildman–Crippen LogP) is 4.83. The van der Waals surface area contributed by atoms with Crippen molar-refractivity contribution in [1.29, 1.82) is 0 Å². The summed E-state index contributed by atoms with van der Waals surface area (Å²) in [7, 11) is 1.96. The van der Waals surface area contributed by atoms with Gasteiger partial charge in [-0.25, -0.2) is 4.98 Å². The van der Waals surface area contributed by atoms with Gasteiger partial charge in [0.05, 0.1) is 22.9 Å². The minimum atomic E-state index is 0.546. The molecular formula is C22H15N3O. The van der Waals surface area contributed by atoms with Crippen LogP contribution in [0.25, 0.3) is 43.8 Å². The van der Waals surface area contributed by atoms with Gasteiger partial charge in [-0.2, -0.15) is 5.10 Å². The molecule has 0 amide bonds. The SMILES string of the molecule is Cn1ncc2c3nc4c(cc3ccc21)COc1c-4ccc2ccccc12. The Hall–Kier alpha value is -3.40. The van der Waals surface area contributed by atoms with E-state index in [1.807, 2.05) is 17.9 Å². The van der Waals surface area contributed by atoms with Gasteiger partial charge in [-0.1, -0.05) is 36.4 Å². The molecule has 1 aliphatic rings. The van der Waals surface area contributed by atoms with Crippen molar-refractivity contribution in [3.63, 3.8) is 0 Å². The second-order valence-electron chi connectivity index (χ2n) is 6.79. The van der Waals surface area contributed by atoms with E-state index in [2.05, 4.69) is 59.7 Å². The van der Waals surface area contributed by atoms with Crippen LogP contribution in [0, 0.1) is 0 Å². The molecule has 3 heterocycles. The number of aryl methyl sites for hydroxylation is 1. The van der Waals surface area contributed by atoms with E-state index in [4.69, 9.17) is 9.72 Å². The van der Waals surface area contributed by atoms with Gasteiger partial charge in [0, 0.05) is 34.3 Å². The molecule has 0 atom stereocenters. The van der Waals surface area contributed by atoms with E-state index in [0.29, 0.717) is 6.61 Å². The highest BCUT2D eigenvalue weighted by molar-refractivity contribution is 6.05. The average Bonchev–Trinajstić information content (AvgIpc) is 3.07. The number of aromatic nitrogens is 3. The van der Waals surface area contributed by atoms with Crippen molar-refractivity contribution in [2.24, 2.45) is 7.05 Å². The van der Waals surface area contributed by atoms with Crippen LogP contribution in [0.4, 0.5) is 0 Å². The molecule has 5 aromatic rings. The van der Waals surface area contributed by atoms with Gasteiger partial charge < -0.3 is 4.74 Å². The number of hydrogen-bond acceptors (Lipinski definition) is 3. The smallest absolute Gasteiger partial charge is 0.137 e. The first kappa shape index (κ1) is 13.8. The lowest BCUT2D eigenvalue weighted by molar-refractivity contribution is 0.305. The third-order valence-electron chi connectivity index (χ3n) is 5.30. The van der Waals surface area contributed by atoms with Crippen molar-refractivity contribution in [2.75, 3.05) is 0 Å². The Morgan fingerprint density at radius 2 is 1.85 bits per heavy atom. The highest BCUT2D eigenvalue weighted by Gasteiger charge is 2.22. The van der Waals surface area contributed by atoms with E-state index in [0.717, 1.165) is 49.8 Å². The highest BCUT2D eigenvalue weighted by Crippen LogP contribution is 2.42. The molecule has 4 heteroatoms. The summed E-state index contributed by atoms with van der Waals surface area (Å²) in [4.78, 5) is 5.07. The van der Waals surface area contributed by atoms with E-state index in [1.165, 1.54) is 5.39 Å². The fraction of sp³-hybridized carbons (Fsp3) is 0.0909. The number of fused-ring (bicyclic) bond motifs is 8. The number of rotatable bonds is 0. The third kappa shape index (κ3) is 1.73. The van der Waals surface area contributed by atoms with E-state index in [-0.39, 0.29) is 0 Å². The first-order chi connectivity index (χ1) is 12.8. The Bertz CT molecular complexity index is 1350. The van der Waals surface area contributed by atoms with Crippen LogP contribution < -0.4 is 4.74 Å². The van der Waals surface area contributed by atoms with Gasteiger partial charge in [0.25, 0.3) is 0 Å². The Balaban J connectivity index is 1.71. The Labute approximate surface area is 149 Å². The molecule has 4 nitrogen and oxygen atoms in total. The molecule has 2 aromatic heterocycles. The van der Waals surface area contributed by atoms with E-state index in [9.17, 15) is 0 Å². The van der Waals surface area contributed by atoms with E-state index >= 15 is 0 Å². The van der Waals surface area contributed by atoms with Crippen LogP contribution in [-0.2, 0) is 13.7 Å². The summed E-state index contributed by atoms with van der Waals surface area (Å²) in [6, 6.07) is 19.0. The molecule has 0 spiro atoms. The topological polar surface area (TPSA) is 39.9 Å². The second-order valence-corrected chi connectivity index (χ2v) is 6.79. The fourth-order valence-corrected chi connectivity index (χ4v) is 3.99. The Kier molecular flexibility index (Phi) is 2.57. The van der Waals surface area contributed by atoms with Crippen LogP contribution in [0.5, 0.6) is 5.75 Å². The lowest BCUT2D eigenvalue weighted by Crippen LogP contribution is -2.07. The zero-order valence-electron chi connectivity index (χ0n) is 14.2. The van der Waals surface area contributed by atoms with Crippen LogP contribution in [0.15, 0.2) is 60.8 Å². The standard InChI is InChI=1S/C22H15N3O/c1-25-19-9-7-14-10-15-12-26-22-16-5-3-2-4-13(16)6-8-17(22)21(15)24-20(14)18(19)11-23-25/h2-11H,12H2,1H3. The van der Waals surface area contributed by atoms with E-state index < -0.39 is 0 Å². The Morgan fingerprint density at radius 3 is 2.81 bits per heavy atom. The molecule has 3 aromatic carbocycles. The van der Waals surface area contributed by atoms with Gasteiger partial charge in [-0.3, -0.25) is 4.68 Å². The zero-order chi connectivity index (χ0) is 17.3. The summed E-state index contributed by atoms with van der Waals surface area (Å²) in [6.07, 6.45) is 1.90. The molecule has 0 bridgehead atoms. The number of pyridine rings is 1. The molecule has 0 radical (unpaired) electrons. The van der Waals surface area contributed by atoms with Crippen molar-refractivity contribution < 1.29 is 4.74 Å². The maximum atomic E-state index is 6.15. The molecule has 6 rings (SSSR count). The quantitative estimate of drug-likeness (QED) is 0.406. The summed E-state index contributed by atoms with van der Waals surface area (Å²) < 4.78 is 8.04. The summed E-state index contributed by atoms with van der Waals surface area (Å²) >= 11 is 0. The maximum Gasteiger partial charge on any atom is 0.137 e. The average molecular weight is 337 g/mol. The second kappa shape index (κ2) is 4.82. The van der Waals surface area contributed by atoms with Crippen molar-refractivity contribution in [3.8, 4) is 17.0 Å². The first-order valence-electron chi connectivity index (χ1n) is 8.69. The van der Waals surface area contributed by atoms with Gasteiger partial charge in [-0.05, 0) is 23.6 Å². The molecule has 26 heavy (non-hydrogen) atoms. The van der Waals surface area contributed by atoms with Crippen LogP contribution in [-0.4, -0.2) is 14.8 Å². The number of hydrogen-bond donors (Lipinski definition) is 0. The molecule has 0 fully saturated rings. The largest absolute Gasteiger partial charge is 0.487 e. The molecule has 0 unspecified atom stereocenters. The van der Waals surface area contributed by atoms with Crippen molar-refractivity contribution >= 4 is 32.6 Å². The Morgan fingerprint density at radius 1 is 0.962 bits per heavy atom.